The van der Waals surface area contributed by atoms with Gasteiger partial charge in [0.05, 0.1) is 0 Å². The molecule has 1 fully saturated rings. The summed E-state index contributed by atoms with van der Waals surface area (Å²) in [6.07, 6.45) is 7.90. The molecular weight excluding hydrogens is 234 g/mol. The summed E-state index contributed by atoms with van der Waals surface area (Å²) in [5, 5.41) is 3.42. The van der Waals surface area contributed by atoms with Gasteiger partial charge in [-0.25, -0.2) is 0 Å². The van der Waals surface area contributed by atoms with Gasteiger partial charge in [-0.1, -0.05) is 20.8 Å². The Labute approximate surface area is 117 Å². The minimum Gasteiger partial charge on any atom is -0.368 e. The molecule has 3 nitrogen and oxygen atoms in total. The fraction of sp³-hybridized carbons (Fsp3) is 0.688. The molecule has 1 aromatic heterocycles. The van der Waals surface area contributed by atoms with E-state index in [1.807, 2.05) is 12.4 Å². The molecule has 0 bridgehead atoms. The number of pyridine rings is 1. The maximum absolute atomic E-state index is 4.29. The zero-order valence-corrected chi connectivity index (χ0v) is 12.5. The first kappa shape index (κ1) is 14.3. The maximum atomic E-state index is 4.29. The average molecular weight is 261 g/mol. The summed E-state index contributed by atoms with van der Waals surface area (Å²) in [7, 11) is 0. The van der Waals surface area contributed by atoms with Gasteiger partial charge in [-0.2, -0.15) is 0 Å². The van der Waals surface area contributed by atoms with Crippen molar-refractivity contribution in [3.05, 3.63) is 24.0 Å². The second-order valence-corrected chi connectivity index (χ2v) is 5.89. The molecule has 2 rings (SSSR count). The van der Waals surface area contributed by atoms with Gasteiger partial charge in [-0.15, -0.1) is 0 Å². The zero-order valence-electron chi connectivity index (χ0n) is 12.5. The monoisotopic (exact) mass is 261 g/mol. The van der Waals surface area contributed by atoms with Crippen LogP contribution in [0.2, 0.25) is 0 Å². The molecule has 1 N–H and O–H groups in total. The van der Waals surface area contributed by atoms with E-state index in [1.165, 1.54) is 37.1 Å². The summed E-state index contributed by atoms with van der Waals surface area (Å²) in [6, 6.07) is 2.95. The quantitative estimate of drug-likeness (QED) is 0.779. The van der Waals surface area contributed by atoms with Crippen LogP contribution >= 0.6 is 0 Å². The van der Waals surface area contributed by atoms with Gasteiger partial charge in [0.2, 0.25) is 0 Å². The van der Waals surface area contributed by atoms with Crippen LogP contribution in [-0.4, -0.2) is 24.1 Å². The first-order chi connectivity index (χ1) is 9.22. The van der Waals surface area contributed by atoms with Crippen molar-refractivity contribution in [2.75, 3.05) is 18.0 Å². The number of hydrogen-bond acceptors (Lipinski definition) is 3. The van der Waals surface area contributed by atoms with Crippen LogP contribution in [0.5, 0.6) is 0 Å². The highest BCUT2D eigenvalue weighted by Gasteiger charge is 2.30. The first-order valence-electron chi connectivity index (χ1n) is 7.62. The molecule has 0 unspecified atom stereocenters. The molecule has 1 aliphatic carbocycles. The lowest BCUT2D eigenvalue weighted by Gasteiger charge is -2.27. The fourth-order valence-electron chi connectivity index (χ4n) is 2.38. The molecule has 1 aliphatic rings. The molecule has 0 saturated heterocycles. The number of rotatable bonds is 8. The van der Waals surface area contributed by atoms with Crippen molar-refractivity contribution in [2.45, 2.75) is 52.6 Å². The summed E-state index contributed by atoms with van der Waals surface area (Å²) in [6.45, 7) is 9.85. The predicted octanol–water partition coefficient (Wildman–Crippen LogP) is 3.21. The molecule has 3 heteroatoms. The summed E-state index contributed by atoms with van der Waals surface area (Å²) >= 11 is 0. The lowest BCUT2D eigenvalue weighted by molar-refractivity contribution is 0.569. The zero-order chi connectivity index (χ0) is 13.7. The van der Waals surface area contributed by atoms with Crippen molar-refractivity contribution in [1.29, 1.82) is 0 Å². The van der Waals surface area contributed by atoms with Crippen LogP contribution in [0.15, 0.2) is 18.5 Å². The lowest BCUT2D eigenvalue weighted by Crippen LogP contribution is -2.29. The van der Waals surface area contributed by atoms with Crippen LogP contribution in [0.1, 0.15) is 45.6 Å². The predicted molar refractivity (Wildman–Crippen MR) is 81.4 cm³/mol. The van der Waals surface area contributed by atoms with E-state index in [4.69, 9.17) is 0 Å². The highest BCUT2D eigenvalue weighted by Crippen LogP contribution is 2.33. The molecule has 1 saturated carbocycles. The van der Waals surface area contributed by atoms with E-state index >= 15 is 0 Å². The van der Waals surface area contributed by atoms with Crippen LogP contribution in [0.3, 0.4) is 0 Å². The highest BCUT2D eigenvalue weighted by molar-refractivity contribution is 5.54. The van der Waals surface area contributed by atoms with Crippen molar-refractivity contribution in [3.8, 4) is 0 Å². The van der Waals surface area contributed by atoms with Gasteiger partial charge in [0, 0.05) is 42.8 Å². The maximum Gasteiger partial charge on any atom is 0.0445 e. The molecular formula is C16H27N3. The Morgan fingerprint density at radius 3 is 2.84 bits per heavy atom. The second kappa shape index (κ2) is 6.90. The van der Waals surface area contributed by atoms with Crippen molar-refractivity contribution in [1.82, 2.24) is 10.3 Å². The SMILES string of the molecule is CCNCc1cnccc1N(CCC(C)C)C1CC1. The summed E-state index contributed by atoms with van der Waals surface area (Å²) < 4.78 is 0. The number of nitrogens with one attached hydrogen (secondary N) is 1. The van der Waals surface area contributed by atoms with Crippen LogP contribution < -0.4 is 10.2 Å². The fourth-order valence-corrected chi connectivity index (χ4v) is 2.38. The molecule has 0 radical (unpaired) electrons. The van der Waals surface area contributed by atoms with Crippen LogP contribution in [0.25, 0.3) is 0 Å². The van der Waals surface area contributed by atoms with E-state index in [0.29, 0.717) is 0 Å². The Morgan fingerprint density at radius 1 is 1.42 bits per heavy atom. The Bertz CT molecular complexity index is 385. The highest BCUT2D eigenvalue weighted by atomic mass is 15.2. The standard InChI is InChI=1S/C16H27N3/c1-4-17-11-14-12-18-9-7-16(14)19(15-5-6-15)10-8-13(2)3/h7,9,12-13,15,17H,4-6,8,10-11H2,1-3H3. The molecule has 0 spiro atoms. The topological polar surface area (TPSA) is 28.2 Å². The third-order valence-electron chi connectivity index (χ3n) is 3.69. The number of nitrogens with zero attached hydrogens (tertiary/aromatic N) is 2. The first-order valence-corrected chi connectivity index (χ1v) is 7.62. The second-order valence-electron chi connectivity index (χ2n) is 5.89. The summed E-state index contributed by atoms with van der Waals surface area (Å²) in [5.74, 6) is 0.764. The van der Waals surface area contributed by atoms with Crippen LogP contribution in [0.4, 0.5) is 5.69 Å². The normalized spacial score (nSPS) is 14.9. The van der Waals surface area contributed by atoms with Gasteiger partial charge in [0.1, 0.15) is 0 Å². The van der Waals surface area contributed by atoms with E-state index < -0.39 is 0 Å². The van der Waals surface area contributed by atoms with Gasteiger partial charge in [0.15, 0.2) is 0 Å². The average Bonchev–Trinajstić information content (AvgIpc) is 3.22. The van der Waals surface area contributed by atoms with Crippen molar-refractivity contribution >= 4 is 5.69 Å². The smallest absolute Gasteiger partial charge is 0.0445 e. The number of aromatic nitrogens is 1. The Kier molecular flexibility index (Phi) is 5.20. The molecule has 0 amide bonds. The molecule has 1 aromatic rings. The third-order valence-corrected chi connectivity index (χ3v) is 3.69. The molecule has 0 aromatic carbocycles. The van der Waals surface area contributed by atoms with Gasteiger partial charge in [-0.3, -0.25) is 4.98 Å². The minimum absolute atomic E-state index is 0.764. The van der Waals surface area contributed by atoms with Gasteiger partial charge >= 0.3 is 0 Å². The molecule has 0 atom stereocenters. The van der Waals surface area contributed by atoms with E-state index in [0.717, 1.165) is 25.0 Å². The van der Waals surface area contributed by atoms with Crippen molar-refractivity contribution < 1.29 is 0 Å². The number of anilines is 1. The summed E-state index contributed by atoms with van der Waals surface area (Å²) in [5.41, 5.74) is 2.72. The minimum atomic E-state index is 0.764. The summed E-state index contributed by atoms with van der Waals surface area (Å²) in [4.78, 5) is 6.89. The van der Waals surface area contributed by atoms with Gasteiger partial charge in [-0.05, 0) is 37.8 Å². The van der Waals surface area contributed by atoms with Crippen molar-refractivity contribution in [3.63, 3.8) is 0 Å². The van der Waals surface area contributed by atoms with Crippen molar-refractivity contribution in [2.24, 2.45) is 5.92 Å². The van der Waals surface area contributed by atoms with Gasteiger partial charge in [0.25, 0.3) is 0 Å². The molecule has 19 heavy (non-hydrogen) atoms. The Morgan fingerprint density at radius 2 is 2.21 bits per heavy atom. The van der Waals surface area contributed by atoms with Gasteiger partial charge < -0.3 is 10.2 Å². The Hall–Kier alpha value is -1.09. The third kappa shape index (κ3) is 4.20. The number of hydrogen-bond donors (Lipinski definition) is 1. The van der Waals surface area contributed by atoms with E-state index in [9.17, 15) is 0 Å². The van der Waals surface area contributed by atoms with E-state index in [-0.39, 0.29) is 0 Å². The Balaban J connectivity index is 2.11. The molecule has 1 heterocycles. The van der Waals surface area contributed by atoms with Crippen LogP contribution in [-0.2, 0) is 6.54 Å². The van der Waals surface area contributed by atoms with E-state index in [2.05, 4.69) is 42.0 Å². The lowest BCUT2D eigenvalue weighted by atomic mass is 10.1. The molecule has 106 valence electrons. The van der Waals surface area contributed by atoms with E-state index in [1.54, 1.807) is 0 Å². The molecule has 0 aliphatic heterocycles. The largest absolute Gasteiger partial charge is 0.368 e. The van der Waals surface area contributed by atoms with Crippen LogP contribution in [0, 0.1) is 5.92 Å².